The van der Waals surface area contributed by atoms with Crippen LogP contribution in [-0.2, 0) is 0 Å². The number of halogens is 3. The lowest BCUT2D eigenvalue weighted by Crippen LogP contribution is -2.30. The zero-order valence-electron chi connectivity index (χ0n) is 15.4. The Hall–Kier alpha value is -3.27. The van der Waals surface area contributed by atoms with Gasteiger partial charge in [0.15, 0.2) is 11.6 Å². The maximum Gasteiger partial charge on any atom is 0.286 e. The van der Waals surface area contributed by atoms with E-state index in [9.17, 15) is 22.8 Å². The Labute approximate surface area is 173 Å². The second-order valence-electron chi connectivity index (χ2n) is 6.69. The first-order valence-corrected chi connectivity index (χ1v) is 9.90. The normalized spacial score (nSPS) is 16.0. The lowest BCUT2D eigenvalue weighted by Gasteiger charge is -2.22. The number of carbonyl (C=O) groups is 2. The molecule has 1 aromatic heterocycles. The summed E-state index contributed by atoms with van der Waals surface area (Å²) in [5.74, 6) is -3.38. The number of hydrogen-bond acceptors (Lipinski definition) is 5. The van der Waals surface area contributed by atoms with E-state index in [2.05, 4.69) is 15.5 Å². The molecule has 2 aromatic carbocycles. The first-order valence-electron chi connectivity index (χ1n) is 9.09. The van der Waals surface area contributed by atoms with Crippen molar-refractivity contribution in [3.8, 4) is 0 Å². The summed E-state index contributed by atoms with van der Waals surface area (Å²) in [4.78, 5) is 26.8. The van der Waals surface area contributed by atoms with E-state index in [0.29, 0.717) is 23.5 Å². The smallest absolute Gasteiger partial charge is 0.286 e. The monoisotopic (exact) mass is 432 g/mol. The van der Waals surface area contributed by atoms with Crippen molar-refractivity contribution in [1.82, 2.24) is 15.1 Å². The summed E-state index contributed by atoms with van der Waals surface area (Å²) >= 11 is 1.03. The van der Waals surface area contributed by atoms with Crippen molar-refractivity contribution in [2.45, 2.75) is 18.9 Å². The highest BCUT2D eigenvalue weighted by Crippen LogP contribution is 2.34. The van der Waals surface area contributed by atoms with Gasteiger partial charge < -0.3 is 10.2 Å². The molecule has 1 aliphatic heterocycles. The van der Waals surface area contributed by atoms with Crippen LogP contribution in [0.2, 0.25) is 0 Å². The van der Waals surface area contributed by atoms with Crippen molar-refractivity contribution in [2.75, 3.05) is 11.9 Å². The minimum Gasteiger partial charge on any atom is -0.329 e. The van der Waals surface area contributed by atoms with Crippen LogP contribution >= 0.6 is 11.3 Å². The van der Waals surface area contributed by atoms with Crippen LogP contribution in [0.15, 0.2) is 42.5 Å². The van der Waals surface area contributed by atoms with Crippen LogP contribution in [-0.4, -0.2) is 33.5 Å². The van der Waals surface area contributed by atoms with Gasteiger partial charge in [0, 0.05) is 23.9 Å². The molecular weight excluding hydrogens is 417 g/mol. The number of carbonyl (C=O) groups excluding carboxylic acids is 2. The van der Waals surface area contributed by atoms with Crippen LogP contribution in [0.4, 0.5) is 18.9 Å². The highest BCUT2D eigenvalue weighted by atomic mass is 32.1. The van der Waals surface area contributed by atoms with Crippen molar-refractivity contribution in [2.24, 2.45) is 0 Å². The molecule has 1 unspecified atom stereocenters. The largest absolute Gasteiger partial charge is 0.329 e. The standard InChI is InChI=1S/C20H15F3N4O2S/c21-12-5-3-11(4-6-12)20(29)27-9-1-2-16(27)18-25-26-19(30-18)17(28)24-13-7-8-14(22)15(23)10-13/h3-8,10,16H,1-2,9H2,(H,24,28). The molecule has 0 aliphatic carbocycles. The van der Waals surface area contributed by atoms with Gasteiger partial charge in [-0.2, -0.15) is 0 Å². The van der Waals surface area contributed by atoms with Gasteiger partial charge in [-0.25, -0.2) is 13.2 Å². The van der Waals surface area contributed by atoms with Gasteiger partial charge in [0.2, 0.25) is 5.01 Å². The van der Waals surface area contributed by atoms with Crippen LogP contribution in [0, 0.1) is 17.5 Å². The fourth-order valence-corrected chi connectivity index (χ4v) is 4.13. The van der Waals surface area contributed by atoms with Crippen molar-refractivity contribution < 1.29 is 22.8 Å². The van der Waals surface area contributed by atoms with E-state index < -0.39 is 23.4 Å². The number of benzene rings is 2. The molecule has 0 bridgehead atoms. The summed E-state index contributed by atoms with van der Waals surface area (Å²) in [5.41, 5.74) is 0.453. The second-order valence-corrected chi connectivity index (χ2v) is 7.70. The molecule has 1 fully saturated rings. The number of nitrogens with zero attached hydrogens (tertiary/aromatic N) is 3. The van der Waals surface area contributed by atoms with Crippen LogP contribution in [0.1, 0.15) is 44.1 Å². The van der Waals surface area contributed by atoms with E-state index in [1.807, 2.05) is 0 Å². The average molecular weight is 432 g/mol. The van der Waals surface area contributed by atoms with Gasteiger partial charge >= 0.3 is 0 Å². The fraction of sp³-hybridized carbons (Fsp3) is 0.200. The number of aromatic nitrogens is 2. The zero-order chi connectivity index (χ0) is 21.3. The molecule has 154 valence electrons. The van der Waals surface area contributed by atoms with Gasteiger partial charge in [-0.05, 0) is 49.2 Å². The topological polar surface area (TPSA) is 75.2 Å². The molecule has 0 spiro atoms. The molecule has 3 aromatic rings. The van der Waals surface area contributed by atoms with Gasteiger partial charge in [0.05, 0.1) is 6.04 Å². The maximum absolute atomic E-state index is 13.3. The molecule has 1 saturated heterocycles. The molecule has 10 heteroatoms. The Kier molecular flexibility index (Phi) is 5.49. The van der Waals surface area contributed by atoms with Crippen molar-refractivity contribution in [3.63, 3.8) is 0 Å². The third kappa shape index (κ3) is 4.04. The molecular formula is C20H15F3N4O2S. The highest BCUT2D eigenvalue weighted by Gasteiger charge is 2.33. The molecule has 0 radical (unpaired) electrons. The molecule has 4 rings (SSSR count). The van der Waals surface area contributed by atoms with E-state index in [0.717, 1.165) is 29.9 Å². The molecule has 1 aliphatic rings. The number of likely N-dealkylation sites (tertiary alicyclic amines) is 1. The SMILES string of the molecule is O=C(Nc1ccc(F)c(F)c1)c1nnc(C2CCCN2C(=O)c2ccc(F)cc2)s1. The number of rotatable bonds is 4. The molecule has 1 N–H and O–H groups in total. The Morgan fingerprint density at radius 1 is 1.03 bits per heavy atom. The van der Waals surface area contributed by atoms with Crippen LogP contribution in [0.25, 0.3) is 0 Å². The van der Waals surface area contributed by atoms with E-state index in [-0.39, 0.29) is 22.6 Å². The van der Waals surface area contributed by atoms with Crippen LogP contribution in [0.5, 0.6) is 0 Å². The summed E-state index contributed by atoms with van der Waals surface area (Å²) in [6, 6.07) is 7.97. The van der Waals surface area contributed by atoms with Crippen molar-refractivity contribution in [3.05, 3.63) is 75.5 Å². The van der Waals surface area contributed by atoms with E-state index >= 15 is 0 Å². The van der Waals surface area contributed by atoms with Gasteiger partial charge in [0.25, 0.3) is 11.8 Å². The molecule has 2 amide bonds. The third-order valence-corrected chi connectivity index (χ3v) is 5.73. The number of anilines is 1. The number of hydrogen-bond donors (Lipinski definition) is 1. The minimum absolute atomic E-state index is 0.0378. The molecule has 30 heavy (non-hydrogen) atoms. The molecule has 2 heterocycles. The zero-order valence-corrected chi connectivity index (χ0v) is 16.3. The number of nitrogens with one attached hydrogen (secondary N) is 1. The third-order valence-electron chi connectivity index (χ3n) is 4.70. The molecule has 6 nitrogen and oxygen atoms in total. The first-order chi connectivity index (χ1) is 14.4. The summed E-state index contributed by atoms with van der Waals surface area (Å²) in [6.45, 7) is 0.511. The second kappa shape index (κ2) is 8.23. The highest BCUT2D eigenvalue weighted by molar-refractivity contribution is 7.13. The Balaban J connectivity index is 1.49. The van der Waals surface area contributed by atoms with Crippen LogP contribution < -0.4 is 5.32 Å². The van der Waals surface area contributed by atoms with E-state index in [1.54, 1.807) is 4.90 Å². The lowest BCUT2D eigenvalue weighted by molar-refractivity contribution is 0.0734. The Morgan fingerprint density at radius 2 is 1.80 bits per heavy atom. The predicted octanol–water partition coefficient (Wildman–Crippen LogP) is 4.19. The quantitative estimate of drug-likeness (QED) is 0.671. The maximum atomic E-state index is 13.3. The van der Waals surface area contributed by atoms with E-state index in [1.165, 1.54) is 30.3 Å². The van der Waals surface area contributed by atoms with Gasteiger partial charge in [-0.15, -0.1) is 10.2 Å². The first kappa shape index (κ1) is 20.0. The minimum atomic E-state index is -1.08. The summed E-state index contributed by atoms with van der Waals surface area (Å²) in [6.07, 6.45) is 1.42. The number of amides is 2. The van der Waals surface area contributed by atoms with Crippen LogP contribution in [0.3, 0.4) is 0 Å². The molecule has 1 atom stereocenters. The summed E-state index contributed by atoms with van der Waals surface area (Å²) in [7, 11) is 0. The fourth-order valence-electron chi connectivity index (χ4n) is 3.24. The molecule has 0 saturated carbocycles. The van der Waals surface area contributed by atoms with Gasteiger partial charge in [0.1, 0.15) is 10.8 Å². The summed E-state index contributed by atoms with van der Waals surface area (Å²) in [5, 5.41) is 10.9. The lowest BCUT2D eigenvalue weighted by atomic mass is 10.1. The van der Waals surface area contributed by atoms with E-state index in [4.69, 9.17) is 0 Å². The Morgan fingerprint density at radius 3 is 2.53 bits per heavy atom. The van der Waals surface area contributed by atoms with Gasteiger partial charge in [-0.3, -0.25) is 9.59 Å². The van der Waals surface area contributed by atoms with Gasteiger partial charge in [-0.1, -0.05) is 11.3 Å². The summed E-state index contributed by atoms with van der Waals surface area (Å²) < 4.78 is 39.5. The van der Waals surface area contributed by atoms with Crippen molar-refractivity contribution >= 4 is 28.8 Å². The average Bonchev–Trinajstić information content (AvgIpc) is 3.40. The predicted molar refractivity (Wildman–Crippen MR) is 104 cm³/mol. The van der Waals surface area contributed by atoms with Crippen molar-refractivity contribution in [1.29, 1.82) is 0 Å². The Bertz CT molecular complexity index is 1100.